The van der Waals surface area contributed by atoms with E-state index in [1.54, 1.807) is 12.1 Å². The van der Waals surface area contributed by atoms with Gasteiger partial charge in [0, 0.05) is 17.9 Å². The summed E-state index contributed by atoms with van der Waals surface area (Å²) in [6, 6.07) is 27.5. The first-order valence-electron chi connectivity index (χ1n) is 12.4. The number of alkyl halides is 3. The minimum absolute atomic E-state index is 0.118. The Labute approximate surface area is 228 Å². The van der Waals surface area contributed by atoms with Gasteiger partial charge in [-0.2, -0.15) is 13.2 Å². The largest absolute Gasteiger partial charge is 0.487 e. The van der Waals surface area contributed by atoms with Gasteiger partial charge in [0.15, 0.2) is 6.23 Å². The van der Waals surface area contributed by atoms with Gasteiger partial charge in [0.2, 0.25) is 0 Å². The van der Waals surface area contributed by atoms with Crippen molar-refractivity contribution in [2.24, 2.45) is 4.99 Å². The molecule has 4 aromatic carbocycles. The van der Waals surface area contributed by atoms with Crippen LogP contribution in [0.2, 0.25) is 0 Å². The molecule has 0 fully saturated rings. The van der Waals surface area contributed by atoms with Crippen LogP contribution in [0.5, 0.6) is 5.75 Å². The molecule has 4 aromatic rings. The second kappa shape index (κ2) is 11.5. The van der Waals surface area contributed by atoms with Crippen LogP contribution in [0.3, 0.4) is 0 Å². The predicted octanol–water partition coefficient (Wildman–Crippen LogP) is 6.84. The van der Waals surface area contributed by atoms with Gasteiger partial charge in [-0.05, 0) is 66.2 Å². The SMILES string of the molecule is O=C(Nc1ccc(CN2c3ccccc3N=C(COc3ccccc3)C2O)cc1)Nc1ccc(C(F)(F)F)cc1. The number of hydrogen-bond acceptors (Lipinski definition) is 5. The molecule has 0 bridgehead atoms. The molecule has 0 saturated carbocycles. The first-order chi connectivity index (χ1) is 19.3. The number of para-hydroxylation sites is 3. The fourth-order valence-electron chi connectivity index (χ4n) is 4.20. The number of aliphatic imine (C=N–C) groups is 1. The summed E-state index contributed by atoms with van der Waals surface area (Å²) < 4.78 is 44.0. The van der Waals surface area contributed by atoms with Crippen LogP contribution in [0.4, 0.5) is 40.7 Å². The monoisotopic (exact) mass is 546 g/mol. The van der Waals surface area contributed by atoms with Gasteiger partial charge >= 0.3 is 12.2 Å². The zero-order chi connectivity index (χ0) is 28.1. The van der Waals surface area contributed by atoms with Crippen LogP contribution in [-0.2, 0) is 12.7 Å². The first-order valence-corrected chi connectivity index (χ1v) is 12.4. The highest BCUT2D eigenvalue weighted by molar-refractivity contribution is 6.00. The topological polar surface area (TPSA) is 86.2 Å². The minimum atomic E-state index is -4.45. The number of nitrogens with one attached hydrogen (secondary N) is 2. The van der Waals surface area contributed by atoms with E-state index in [1.165, 1.54) is 12.1 Å². The Kier molecular flexibility index (Phi) is 7.70. The van der Waals surface area contributed by atoms with Crippen molar-refractivity contribution in [2.75, 3.05) is 22.1 Å². The second-order valence-electron chi connectivity index (χ2n) is 9.05. The Morgan fingerprint density at radius 1 is 0.850 bits per heavy atom. The standard InChI is InChI=1S/C30H25F3N4O3/c31-30(32,33)21-12-16-23(17-13-21)35-29(39)34-22-14-10-20(11-15-22)18-37-27-9-5-4-8-25(27)36-26(28(37)38)19-40-24-6-2-1-3-7-24/h1-17,28,38H,18-19H2,(H2,34,35,39). The van der Waals surface area contributed by atoms with Gasteiger partial charge in [0.1, 0.15) is 18.1 Å². The third-order valence-electron chi connectivity index (χ3n) is 6.21. The van der Waals surface area contributed by atoms with Crippen molar-refractivity contribution >= 4 is 34.5 Å². The number of fused-ring (bicyclic) bond motifs is 1. The lowest BCUT2D eigenvalue weighted by Crippen LogP contribution is -2.45. The summed E-state index contributed by atoms with van der Waals surface area (Å²) in [5.41, 5.74) is 2.76. The van der Waals surface area contributed by atoms with E-state index in [0.29, 0.717) is 23.7 Å². The number of rotatable bonds is 7. The number of ether oxygens (including phenoxy) is 1. The number of halogens is 3. The Morgan fingerprint density at radius 3 is 2.10 bits per heavy atom. The molecule has 5 rings (SSSR count). The molecule has 0 saturated heterocycles. The van der Waals surface area contributed by atoms with E-state index < -0.39 is 24.0 Å². The van der Waals surface area contributed by atoms with Crippen molar-refractivity contribution in [1.82, 2.24) is 0 Å². The Morgan fingerprint density at radius 2 is 1.45 bits per heavy atom. The van der Waals surface area contributed by atoms with Gasteiger partial charge in [-0.3, -0.25) is 0 Å². The van der Waals surface area contributed by atoms with Crippen LogP contribution in [0, 0.1) is 0 Å². The van der Waals surface area contributed by atoms with Gasteiger partial charge in [-0.1, -0.05) is 42.5 Å². The van der Waals surface area contributed by atoms with E-state index >= 15 is 0 Å². The maximum atomic E-state index is 12.7. The van der Waals surface area contributed by atoms with Gasteiger partial charge < -0.3 is 25.4 Å². The number of amides is 2. The van der Waals surface area contributed by atoms with Crippen molar-refractivity contribution in [3.05, 3.63) is 114 Å². The van der Waals surface area contributed by atoms with E-state index in [9.17, 15) is 23.1 Å². The highest BCUT2D eigenvalue weighted by atomic mass is 19.4. The number of nitrogens with zero attached hydrogens (tertiary/aromatic N) is 2. The maximum Gasteiger partial charge on any atom is 0.416 e. The lowest BCUT2D eigenvalue weighted by Gasteiger charge is -2.35. The van der Waals surface area contributed by atoms with Crippen LogP contribution < -0.4 is 20.3 Å². The third kappa shape index (κ3) is 6.41. The number of anilines is 3. The van der Waals surface area contributed by atoms with Crippen molar-refractivity contribution in [3.8, 4) is 5.75 Å². The van der Waals surface area contributed by atoms with Crippen molar-refractivity contribution in [1.29, 1.82) is 0 Å². The van der Waals surface area contributed by atoms with Crippen molar-refractivity contribution < 1.29 is 27.8 Å². The number of carbonyl (C=O) groups excluding carboxylic acids is 1. The van der Waals surface area contributed by atoms with Crippen molar-refractivity contribution in [3.63, 3.8) is 0 Å². The molecule has 10 heteroatoms. The lowest BCUT2D eigenvalue weighted by atomic mass is 10.1. The molecule has 0 aromatic heterocycles. The second-order valence-corrected chi connectivity index (χ2v) is 9.05. The zero-order valence-corrected chi connectivity index (χ0v) is 21.1. The number of urea groups is 1. The molecular weight excluding hydrogens is 521 g/mol. The zero-order valence-electron chi connectivity index (χ0n) is 21.1. The van der Waals surface area contributed by atoms with E-state index in [-0.39, 0.29) is 12.3 Å². The van der Waals surface area contributed by atoms with E-state index in [2.05, 4.69) is 15.6 Å². The molecule has 3 N–H and O–H groups in total. The van der Waals surface area contributed by atoms with Gasteiger partial charge in [-0.15, -0.1) is 0 Å². The van der Waals surface area contributed by atoms with Crippen LogP contribution in [0.1, 0.15) is 11.1 Å². The molecule has 204 valence electrons. The van der Waals surface area contributed by atoms with Crippen molar-refractivity contribution in [2.45, 2.75) is 18.9 Å². The van der Waals surface area contributed by atoms with Crippen LogP contribution >= 0.6 is 0 Å². The molecule has 1 unspecified atom stereocenters. The van der Waals surface area contributed by atoms with Crippen LogP contribution in [0.15, 0.2) is 108 Å². The fourth-order valence-corrected chi connectivity index (χ4v) is 4.20. The third-order valence-corrected chi connectivity index (χ3v) is 6.21. The van der Waals surface area contributed by atoms with Crippen LogP contribution in [0.25, 0.3) is 0 Å². The molecule has 0 aliphatic carbocycles. The summed E-state index contributed by atoms with van der Waals surface area (Å²) in [4.78, 5) is 18.8. The summed E-state index contributed by atoms with van der Waals surface area (Å²) in [5, 5.41) is 16.3. The Bertz CT molecular complexity index is 1490. The number of aliphatic hydroxyl groups excluding tert-OH is 1. The predicted molar refractivity (Wildman–Crippen MR) is 148 cm³/mol. The number of aliphatic hydroxyl groups is 1. The summed E-state index contributed by atoms with van der Waals surface area (Å²) in [6.07, 6.45) is -5.45. The summed E-state index contributed by atoms with van der Waals surface area (Å²) >= 11 is 0. The van der Waals surface area contributed by atoms with Crippen LogP contribution in [-0.4, -0.2) is 29.7 Å². The maximum absolute atomic E-state index is 12.7. The fraction of sp³-hybridized carbons (Fsp3) is 0.133. The summed E-state index contributed by atoms with van der Waals surface area (Å²) in [7, 11) is 0. The molecule has 40 heavy (non-hydrogen) atoms. The number of carbonyl (C=O) groups is 1. The molecule has 2 amide bonds. The number of benzene rings is 4. The molecule has 1 aliphatic rings. The molecule has 1 aliphatic heterocycles. The normalized spacial score (nSPS) is 14.7. The van der Waals surface area contributed by atoms with E-state index in [1.807, 2.05) is 71.6 Å². The first kappa shape index (κ1) is 26.8. The molecule has 0 radical (unpaired) electrons. The highest BCUT2D eigenvalue weighted by Crippen LogP contribution is 2.35. The average Bonchev–Trinajstić information content (AvgIpc) is 2.95. The Hall–Kier alpha value is -4.83. The summed E-state index contributed by atoms with van der Waals surface area (Å²) in [6.45, 7) is 0.480. The quantitative estimate of drug-likeness (QED) is 0.237. The lowest BCUT2D eigenvalue weighted by molar-refractivity contribution is -0.137. The highest BCUT2D eigenvalue weighted by Gasteiger charge is 2.30. The van der Waals surface area contributed by atoms with E-state index in [0.717, 1.165) is 29.1 Å². The van der Waals surface area contributed by atoms with Gasteiger partial charge in [0.25, 0.3) is 0 Å². The average molecular weight is 547 g/mol. The summed E-state index contributed by atoms with van der Waals surface area (Å²) in [5.74, 6) is 0.674. The Balaban J connectivity index is 1.23. The molecule has 1 heterocycles. The molecular formula is C30H25F3N4O3. The van der Waals surface area contributed by atoms with Gasteiger partial charge in [0.05, 0.1) is 16.9 Å². The number of hydrogen-bond donors (Lipinski definition) is 3. The smallest absolute Gasteiger partial charge is 0.416 e. The van der Waals surface area contributed by atoms with E-state index in [4.69, 9.17) is 4.74 Å². The minimum Gasteiger partial charge on any atom is -0.487 e. The molecule has 1 atom stereocenters. The molecule has 7 nitrogen and oxygen atoms in total. The van der Waals surface area contributed by atoms with Gasteiger partial charge in [-0.25, -0.2) is 9.79 Å². The molecule has 0 spiro atoms.